The van der Waals surface area contributed by atoms with E-state index in [0.29, 0.717) is 34.6 Å². The number of aliphatic carboxylic acids is 1. The molecule has 1 saturated heterocycles. The van der Waals surface area contributed by atoms with Crippen molar-refractivity contribution in [2.45, 2.75) is 83.0 Å². The summed E-state index contributed by atoms with van der Waals surface area (Å²) in [6.45, 7) is 9.04. The summed E-state index contributed by atoms with van der Waals surface area (Å²) in [6, 6.07) is 10.1. The van der Waals surface area contributed by atoms with Gasteiger partial charge in [-0.1, -0.05) is 25.1 Å². The molecule has 2 aliphatic heterocycles. The molecule has 0 saturated carbocycles. The SMILES string of the molecule is Cc1ccc([C@](C)(c2ccn3c(C(F)(F)F)nnc3c2C)C(C)(C)C(=O)O)cc1CN1CC2CCCCN2c2ncc(C#N)cc2S1(=O)=O. The summed E-state index contributed by atoms with van der Waals surface area (Å²) in [5, 5.41) is 27.3. The number of halogens is 3. The molecule has 49 heavy (non-hydrogen) atoms. The van der Waals surface area contributed by atoms with Crippen molar-refractivity contribution >= 4 is 27.5 Å². The zero-order valence-corrected chi connectivity index (χ0v) is 28.5. The summed E-state index contributed by atoms with van der Waals surface area (Å²) >= 11 is 0. The minimum absolute atomic E-state index is 0.0305. The number of carboxylic acids is 1. The van der Waals surface area contributed by atoms with Gasteiger partial charge in [0.15, 0.2) is 5.65 Å². The van der Waals surface area contributed by atoms with Crippen molar-refractivity contribution in [2.24, 2.45) is 5.41 Å². The number of alkyl halides is 3. The lowest BCUT2D eigenvalue weighted by Crippen LogP contribution is -2.47. The summed E-state index contributed by atoms with van der Waals surface area (Å²) in [6.07, 6.45) is 0.408. The highest BCUT2D eigenvalue weighted by Gasteiger charge is 2.51. The molecule has 1 fully saturated rings. The highest BCUT2D eigenvalue weighted by molar-refractivity contribution is 7.89. The van der Waals surface area contributed by atoms with Crippen molar-refractivity contribution in [1.82, 2.24) is 23.9 Å². The van der Waals surface area contributed by atoms with Crippen LogP contribution in [0.4, 0.5) is 19.0 Å². The zero-order chi connectivity index (χ0) is 35.7. The Morgan fingerprint density at radius 3 is 2.51 bits per heavy atom. The molecule has 5 heterocycles. The van der Waals surface area contributed by atoms with E-state index in [4.69, 9.17) is 0 Å². The van der Waals surface area contributed by atoms with E-state index in [1.807, 2.05) is 17.9 Å². The highest BCUT2D eigenvalue weighted by atomic mass is 32.2. The molecule has 0 aliphatic carbocycles. The van der Waals surface area contributed by atoms with E-state index < -0.39 is 38.8 Å². The lowest BCUT2D eigenvalue weighted by atomic mass is 9.58. The fraction of sp³-hybridized carbons (Fsp3) is 0.441. The number of benzene rings is 1. The highest BCUT2D eigenvalue weighted by Crippen LogP contribution is 2.49. The fourth-order valence-electron chi connectivity index (χ4n) is 7.22. The first-order valence-corrected chi connectivity index (χ1v) is 17.3. The van der Waals surface area contributed by atoms with Crippen molar-refractivity contribution in [3.8, 4) is 6.07 Å². The molecule has 1 N–H and O–H groups in total. The maximum atomic E-state index is 14.3. The molecule has 1 aromatic carbocycles. The Morgan fingerprint density at radius 2 is 1.84 bits per heavy atom. The van der Waals surface area contributed by atoms with Crippen LogP contribution in [0.15, 0.2) is 47.6 Å². The molecule has 11 nitrogen and oxygen atoms in total. The van der Waals surface area contributed by atoms with E-state index in [9.17, 15) is 36.8 Å². The van der Waals surface area contributed by atoms with Gasteiger partial charge in [0.05, 0.1) is 11.0 Å². The summed E-state index contributed by atoms with van der Waals surface area (Å²) in [4.78, 5) is 19.3. The zero-order valence-electron chi connectivity index (χ0n) is 27.7. The number of aryl methyl sites for hydroxylation is 2. The fourth-order valence-corrected chi connectivity index (χ4v) is 8.85. The number of hydrogen-bond acceptors (Lipinski definition) is 8. The Labute approximate surface area is 282 Å². The lowest BCUT2D eigenvalue weighted by molar-refractivity contribution is -0.150. The van der Waals surface area contributed by atoms with Crippen molar-refractivity contribution in [3.05, 3.63) is 81.9 Å². The van der Waals surface area contributed by atoms with Crippen molar-refractivity contribution in [1.29, 1.82) is 5.26 Å². The van der Waals surface area contributed by atoms with E-state index in [2.05, 4.69) is 15.2 Å². The molecule has 15 heteroatoms. The van der Waals surface area contributed by atoms with Crippen LogP contribution in [-0.2, 0) is 33.0 Å². The molecule has 3 aromatic heterocycles. The van der Waals surface area contributed by atoms with E-state index in [1.165, 1.54) is 28.8 Å². The van der Waals surface area contributed by atoms with Gasteiger partial charge in [0.25, 0.3) is 0 Å². The van der Waals surface area contributed by atoms with Gasteiger partial charge in [-0.25, -0.2) is 13.4 Å². The van der Waals surface area contributed by atoms with Gasteiger partial charge in [0.1, 0.15) is 16.8 Å². The number of anilines is 1. The third-order valence-electron chi connectivity index (χ3n) is 10.6. The van der Waals surface area contributed by atoms with E-state index >= 15 is 0 Å². The van der Waals surface area contributed by atoms with Gasteiger partial charge in [-0.05, 0) is 86.9 Å². The molecule has 0 spiro atoms. The Hall–Kier alpha value is -4.55. The number of hydrogen-bond donors (Lipinski definition) is 1. The Morgan fingerprint density at radius 1 is 1.10 bits per heavy atom. The molecule has 2 atom stereocenters. The van der Waals surface area contributed by atoms with Gasteiger partial charge >= 0.3 is 12.1 Å². The number of rotatable bonds is 6. The Bertz CT molecular complexity index is 2140. The van der Waals surface area contributed by atoms with Crippen LogP contribution in [0.2, 0.25) is 0 Å². The average Bonchev–Trinajstić information content (AvgIpc) is 3.48. The molecule has 1 unspecified atom stereocenters. The van der Waals surface area contributed by atoms with Gasteiger partial charge < -0.3 is 10.0 Å². The van der Waals surface area contributed by atoms with Gasteiger partial charge in [0, 0.05) is 43.5 Å². The number of pyridine rings is 2. The first kappa shape index (κ1) is 34.3. The number of carboxylic acid groups (broad SMARTS) is 1. The molecule has 0 bridgehead atoms. The third kappa shape index (κ3) is 5.41. The quantitative estimate of drug-likeness (QED) is 0.272. The van der Waals surface area contributed by atoms with Crippen LogP contribution >= 0.6 is 0 Å². The molecule has 4 aromatic rings. The number of nitriles is 1. The van der Waals surface area contributed by atoms with Crippen LogP contribution < -0.4 is 4.90 Å². The van der Waals surface area contributed by atoms with Crippen LogP contribution in [0.1, 0.15) is 79.2 Å². The van der Waals surface area contributed by atoms with Gasteiger partial charge in [-0.15, -0.1) is 10.2 Å². The van der Waals surface area contributed by atoms with E-state index in [0.717, 1.165) is 29.2 Å². The molecule has 0 amide bonds. The second-order valence-corrected chi connectivity index (χ2v) is 15.5. The summed E-state index contributed by atoms with van der Waals surface area (Å²) in [7, 11) is -4.13. The topological polar surface area (TPSA) is 145 Å². The smallest absolute Gasteiger partial charge is 0.452 e. The van der Waals surface area contributed by atoms with Crippen LogP contribution in [0.25, 0.3) is 5.65 Å². The number of nitrogens with zero attached hydrogens (tertiary/aromatic N) is 7. The number of fused-ring (bicyclic) bond motifs is 4. The number of carbonyl (C=O) groups is 1. The number of piperidine rings is 1. The maximum Gasteiger partial charge on any atom is 0.452 e. The summed E-state index contributed by atoms with van der Waals surface area (Å²) in [5.74, 6) is -2.00. The number of sulfonamides is 1. The van der Waals surface area contributed by atoms with E-state index in [1.54, 1.807) is 45.9 Å². The van der Waals surface area contributed by atoms with Gasteiger partial charge in [-0.2, -0.15) is 22.7 Å². The molecule has 258 valence electrons. The first-order chi connectivity index (χ1) is 22.9. The standard InChI is InChI=1S/C34H36F3N7O4S/c1-20-9-10-24(33(5,32(3,4)31(45)46)26-11-13-44-28(21(26)2)40-41-30(44)34(35,36)37)15-23(20)18-42-19-25-8-6-7-12-43(25)29-27(49(42,47)48)14-22(16-38)17-39-29/h9-11,13-15,17,25H,6-8,12,18-19H2,1-5H3,(H,45,46)/t25?,33-/m1/s1. The van der Waals surface area contributed by atoms with E-state index in [-0.39, 0.29) is 35.2 Å². The van der Waals surface area contributed by atoms with Crippen LogP contribution in [0.5, 0.6) is 0 Å². The monoisotopic (exact) mass is 695 g/mol. The first-order valence-electron chi connectivity index (χ1n) is 15.8. The third-order valence-corrected chi connectivity index (χ3v) is 12.4. The Kier molecular flexibility index (Phi) is 8.27. The van der Waals surface area contributed by atoms with Gasteiger partial charge in [0.2, 0.25) is 15.8 Å². The lowest BCUT2D eigenvalue weighted by Gasteiger charge is -2.43. The predicted molar refractivity (Wildman–Crippen MR) is 173 cm³/mol. The largest absolute Gasteiger partial charge is 0.481 e. The predicted octanol–water partition coefficient (Wildman–Crippen LogP) is 5.61. The molecular weight excluding hydrogens is 659 g/mol. The molecular formula is C34H36F3N7O4S. The Balaban J connectivity index is 1.50. The second kappa shape index (κ2) is 11.8. The van der Waals surface area contributed by atoms with Crippen LogP contribution in [0.3, 0.4) is 0 Å². The number of aromatic nitrogens is 4. The summed E-state index contributed by atoms with van der Waals surface area (Å²) in [5.41, 5.74) is -0.0810. The average molecular weight is 696 g/mol. The van der Waals surface area contributed by atoms with Crippen LogP contribution in [0, 0.1) is 30.6 Å². The molecule has 0 radical (unpaired) electrons. The second-order valence-electron chi connectivity index (χ2n) is 13.6. The molecule has 6 rings (SSSR count). The minimum atomic E-state index is -4.75. The van der Waals surface area contributed by atoms with Crippen LogP contribution in [-0.4, -0.2) is 62.5 Å². The summed E-state index contributed by atoms with van der Waals surface area (Å²) < 4.78 is 71.9. The molecule has 2 aliphatic rings. The normalized spacial score (nSPS) is 19.4. The van der Waals surface area contributed by atoms with Crippen molar-refractivity contribution < 1.29 is 31.5 Å². The van der Waals surface area contributed by atoms with Crippen molar-refractivity contribution in [3.63, 3.8) is 0 Å². The maximum absolute atomic E-state index is 14.3. The van der Waals surface area contributed by atoms with Crippen molar-refractivity contribution in [2.75, 3.05) is 18.0 Å². The van der Waals surface area contributed by atoms with Gasteiger partial charge in [-0.3, -0.25) is 9.20 Å². The minimum Gasteiger partial charge on any atom is -0.481 e.